The molecule has 0 spiro atoms. The van der Waals surface area contributed by atoms with Gasteiger partial charge in [-0.15, -0.1) is 0 Å². The van der Waals surface area contributed by atoms with Crippen LogP contribution in [0.2, 0.25) is 0 Å². The van der Waals surface area contributed by atoms with Crippen LogP contribution < -0.4 is 5.32 Å². The van der Waals surface area contributed by atoms with Crippen molar-refractivity contribution in [1.82, 2.24) is 5.32 Å². The fraction of sp³-hybridized carbons (Fsp3) is 0.929. The van der Waals surface area contributed by atoms with Gasteiger partial charge in [0.25, 0.3) is 0 Å². The van der Waals surface area contributed by atoms with Gasteiger partial charge in [0.15, 0.2) is 0 Å². The maximum Gasteiger partial charge on any atom is 0.320 e. The number of carboxylic acid groups (broad SMARTS) is 1. The van der Waals surface area contributed by atoms with Crippen molar-refractivity contribution < 1.29 is 9.90 Å². The number of rotatable bonds is 4. The third-order valence-electron chi connectivity index (χ3n) is 5.32. The highest BCUT2D eigenvalue weighted by molar-refractivity contribution is 5.72. The molecular formula is C14H23NO2. The Morgan fingerprint density at radius 1 is 1.24 bits per heavy atom. The molecule has 2 N–H and O–H groups in total. The molecule has 4 aliphatic carbocycles. The highest BCUT2D eigenvalue weighted by Crippen LogP contribution is 2.59. The van der Waals surface area contributed by atoms with Crippen molar-refractivity contribution in [3.8, 4) is 0 Å². The van der Waals surface area contributed by atoms with Crippen molar-refractivity contribution in [2.75, 3.05) is 6.54 Å². The Bertz CT molecular complexity index is 291. The lowest BCUT2D eigenvalue weighted by Gasteiger charge is -2.57. The molecule has 3 heteroatoms. The van der Waals surface area contributed by atoms with Crippen molar-refractivity contribution in [1.29, 1.82) is 0 Å². The Labute approximate surface area is 103 Å². The number of carbonyl (C=O) groups is 1. The van der Waals surface area contributed by atoms with Crippen molar-refractivity contribution >= 4 is 5.97 Å². The quantitative estimate of drug-likeness (QED) is 0.788. The molecule has 4 rings (SSSR count). The zero-order chi connectivity index (χ0) is 12.0. The van der Waals surface area contributed by atoms with Crippen LogP contribution in [0, 0.1) is 23.2 Å². The van der Waals surface area contributed by atoms with Gasteiger partial charge in [0.2, 0.25) is 0 Å². The first kappa shape index (κ1) is 11.5. The summed E-state index contributed by atoms with van der Waals surface area (Å²) >= 11 is 0. The van der Waals surface area contributed by atoms with Crippen LogP contribution in [0.4, 0.5) is 0 Å². The van der Waals surface area contributed by atoms with Crippen LogP contribution in [-0.4, -0.2) is 23.7 Å². The fourth-order valence-corrected chi connectivity index (χ4v) is 4.96. The average Bonchev–Trinajstić information content (AvgIpc) is 2.24. The van der Waals surface area contributed by atoms with Gasteiger partial charge in [-0.1, -0.05) is 0 Å². The lowest BCUT2D eigenvalue weighted by molar-refractivity contribution is -0.139. The first-order valence-electron chi connectivity index (χ1n) is 7.02. The van der Waals surface area contributed by atoms with Crippen LogP contribution in [0.3, 0.4) is 0 Å². The molecule has 0 amide bonds. The van der Waals surface area contributed by atoms with E-state index in [0.717, 1.165) is 24.3 Å². The number of hydrogen-bond acceptors (Lipinski definition) is 2. The zero-order valence-corrected chi connectivity index (χ0v) is 10.6. The van der Waals surface area contributed by atoms with Gasteiger partial charge in [-0.2, -0.15) is 0 Å². The van der Waals surface area contributed by atoms with E-state index >= 15 is 0 Å². The lowest BCUT2D eigenvalue weighted by atomic mass is 9.49. The number of aliphatic carboxylic acids is 1. The normalized spacial score (nSPS) is 44.9. The molecule has 0 aromatic carbocycles. The lowest BCUT2D eigenvalue weighted by Crippen LogP contribution is -2.52. The minimum atomic E-state index is -0.727. The molecule has 96 valence electrons. The van der Waals surface area contributed by atoms with Gasteiger partial charge >= 0.3 is 5.97 Å². The second-order valence-corrected chi connectivity index (χ2v) is 6.86. The summed E-state index contributed by atoms with van der Waals surface area (Å²) in [5.41, 5.74) is 0.443. The van der Waals surface area contributed by atoms with Crippen LogP contribution in [0.25, 0.3) is 0 Å². The van der Waals surface area contributed by atoms with Gasteiger partial charge in [0, 0.05) is 6.54 Å². The fourth-order valence-electron chi connectivity index (χ4n) is 4.96. The van der Waals surface area contributed by atoms with E-state index in [1.54, 1.807) is 6.92 Å². The Kier molecular flexibility index (Phi) is 2.69. The Hall–Kier alpha value is -0.570. The SMILES string of the molecule is CC(NCC12CC3CC(CC(C3)C1)C2)C(=O)O. The van der Waals surface area contributed by atoms with Gasteiger partial charge in [0.05, 0.1) is 0 Å². The average molecular weight is 237 g/mol. The molecule has 4 bridgehead atoms. The van der Waals surface area contributed by atoms with Crippen LogP contribution in [-0.2, 0) is 4.79 Å². The minimum absolute atomic E-state index is 0.400. The van der Waals surface area contributed by atoms with E-state index in [1.165, 1.54) is 38.5 Å². The van der Waals surface area contributed by atoms with Gasteiger partial charge in [-0.3, -0.25) is 4.79 Å². The third-order valence-corrected chi connectivity index (χ3v) is 5.32. The maximum absolute atomic E-state index is 10.9. The molecular weight excluding hydrogens is 214 g/mol. The topological polar surface area (TPSA) is 49.3 Å². The van der Waals surface area contributed by atoms with Crippen molar-refractivity contribution in [2.45, 2.75) is 51.5 Å². The van der Waals surface area contributed by atoms with E-state index in [1.807, 2.05) is 0 Å². The molecule has 3 nitrogen and oxygen atoms in total. The van der Waals surface area contributed by atoms with Crippen molar-refractivity contribution in [2.24, 2.45) is 23.2 Å². The highest BCUT2D eigenvalue weighted by Gasteiger charge is 2.50. The predicted octanol–water partition coefficient (Wildman–Crippen LogP) is 2.27. The number of nitrogens with one attached hydrogen (secondary N) is 1. The summed E-state index contributed by atoms with van der Waals surface area (Å²) in [6.45, 7) is 2.67. The molecule has 0 aliphatic heterocycles. The summed E-state index contributed by atoms with van der Waals surface area (Å²) in [4.78, 5) is 10.9. The maximum atomic E-state index is 10.9. The van der Waals surface area contributed by atoms with Crippen LogP contribution >= 0.6 is 0 Å². The summed E-state index contributed by atoms with van der Waals surface area (Å²) in [5.74, 6) is 2.12. The van der Waals surface area contributed by atoms with Crippen LogP contribution in [0.5, 0.6) is 0 Å². The van der Waals surface area contributed by atoms with E-state index in [0.29, 0.717) is 5.41 Å². The van der Waals surface area contributed by atoms with Gasteiger partial charge < -0.3 is 10.4 Å². The summed E-state index contributed by atoms with van der Waals surface area (Å²) in [6.07, 6.45) is 8.39. The minimum Gasteiger partial charge on any atom is -0.480 e. The Morgan fingerprint density at radius 3 is 2.12 bits per heavy atom. The molecule has 4 saturated carbocycles. The van der Waals surface area contributed by atoms with E-state index in [2.05, 4.69) is 5.32 Å². The first-order chi connectivity index (χ1) is 8.06. The molecule has 0 saturated heterocycles. The molecule has 4 fully saturated rings. The highest BCUT2D eigenvalue weighted by atomic mass is 16.4. The smallest absolute Gasteiger partial charge is 0.320 e. The standard InChI is InChI=1S/C14H23NO2/c1-9(13(16)17)15-8-14-5-10-2-11(6-14)4-12(3-10)7-14/h9-12,15H,2-8H2,1H3,(H,16,17). The number of carboxylic acids is 1. The first-order valence-corrected chi connectivity index (χ1v) is 7.02. The summed E-state index contributed by atoms with van der Waals surface area (Å²) in [5, 5.41) is 12.2. The van der Waals surface area contributed by atoms with Gasteiger partial charge in [-0.05, 0) is 68.6 Å². The molecule has 0 heterocycles. The van der Waals surface area contributed by atoms with Gasteiger partial charge in [-0.25, -0.2) is 0 Å². The predicted molar refractivity (Wildman–Crippen MR) is 65.7 cm³/mol. The van der Waals surface area contributed by atoms with E-state index < -0.39 is 12.0 Å². The zero-order valence-electron chi connectivity index (χ0n) is 10.6. The largest absolute Gasteiger partial charge is 0.480 e. The van der Waals surface area contributed by atoms with E-state index in [4.69, 9.17) is 5.11 Å². The molecule has 4 aliphatic rings. The Morgan fingerprint density at radius 2 is 1.71 bits per heavy atom. The van der Waals surface area contributed by atoms with Gasteiger partial charge in [0.1, 0.15) is 6.04 Å². The molecule has 1 unspecified atom stereocenters. The van der Waals surface area contributed by atoms with Crippen LogP contribution in [0.1, 0.15) is 45.4 Å². The monoisotopic (exact) mass is 237 g/mol. The third kappa shape index (κ3) is 2.10. The molecule has 0 aromatic rings. The Balaban J connectivity index is 1.64. The second-order valence-electron chi connectivity index (χ2n) is 6.86. The van der Waals surface area contributed by atoms with E-state index in [-0.39, 0.29) is 0 Å². The van der Waals surface area contributed by atoms with E-state index in [9.17, 15) is 4.79 Å². The molecule has 17 heavy (non-hydrogen) atoms. The molecule has 0 aromatic heterocycles. The summed E-state index contributed by atoms with van der Waals surface area (Å²) in [6, 6.07) is -0.400. The molecule has 0 radical (unpaired) electrons. The molecule has 1 atom stereocenters. The second kappa shape index (κ2) is 3.98. The van der Waals surface area contributed by atoms with Crippen LogP contribution in [0.15, 0.2) is 0 Å². The number of hydrogen-bond donors (Lipinski definition) is 2. The summed E-state index contributed by atoms with van der Waals surface area (Å²) in [7, 11) is 0. The van der Waals surface area contributed by atoms with Crippen molar-refractivity contribution in [3.63, 3.8) is 0 Å². The summed E-state index contributed by atoms with van der Waals surface area (Å²) < 4.78 is 0. The van der Waals surface area contributed by atoms with Crippen molar-refractivity contribution in [3.05, 3.63) is 0 Å².